The molecule has 0 aliphatic rings. The Hall–Kier alpha value is -3.96. The first-order valence-corrected chi connectivity index (χ1v) is 8.22. The van der Waals surface area contributed by atoms with Gasteiger partial charge in [-0.05, 0) is 31.2 Å². The lowest BCUT2D eigenvalue weighted by atomic mass is 10.2. The van der Waals surface area contributed by atoms with Crippen molar-refractivity contribution in [1.82, 2.24) is 0 Å². The third-order valence-electron chi connectivity index (χ3n) is 3.85. The van der Waals surface area contributed by atoms with E-state index in [-0.39, 0.29) is 6.54 Å². The normalized spacial score (nSPS) is 10.7. The first-order chi connectivity index (χ1) is 13.8. The highest BCUT2D eigenvalue weighted by Gasteiger charge is 2.24. The van der Waals surface area contributed by atoms with Crippen molar-refractivity contribution in [3.8, 4) is 0 Å². The number of hydrogen-bond donors (Lipinski definition) is 0. The van der Waals surface area contributed by atoms with E-state index in [0.717, 1.165) is 0 Å². The maximum absolute atomic E-state index is 13.8. The molecule has 12 heteroatoms. The van der Waals surface area contributed by atoms with E-state index in [1.165, 1.54) is 7.11 Å². The summed E-state index contributed by atoms with van der Waals surface area (Å²) in [5.74, 6) is -1.66. The van der Waals surface area contributed by atoms with Gasteiger partial charge in [0.2, 0.25) is 5.82 Å². The summed E-state index contributed by atoms with van der Waals surface area (Å²) in [7, 11) is 1.29. The van der Waals surface area contributed by atoms with Crippen LogP contribution in [0.4, 0.5) is 32.8 Å². The van der Waals surface area contributed by atoms with Crippen LogP contribution in [0.3, 0.4) is 0 Å². The van der Waals surface area contributed by atoms with Gasteiger partial charge in [0.25, 0.3) is 0 Å². The van der Waals surface area contributed by atoms with Crippen LogP contribution in [0.5, 0.6) is 0 Å². The van der Waals surface area contributed by atoms with Crippen LogP contribution < -0.4 is 4.90 Å². The number of esters is 1. The molecule has 0 amide bonds. The molecule has 0 fully saturated rings. The summed E-state index contributed by atoms with van der Waals surface area (Å²) in [6.07, 6.45) is 0. The fourth-order valence-electron chi connectivity index (χ4n) is 2.35. The largest absolute Gasteiger partial charge is 0.468 e. The molecule has 0 saturated heterocycles. The molecule has 0 bridgehead atoms. The second-order valence-electron chi connectivity index (χ2n) is 5.61. The fraction of sp³-hybridized carbons (Fsp3) is 0.235. The number of carbonyl (C=O) groups is 1. The number of benzene rings is 2. The van der Waals surface area contributed by atoms with Gasteiger partial charge in [-0.1, -0.05) is 0 Å². The summed E-state index contributed by atoms with van der Waals surface area (Å²) in [5.41, 5.74) is -1.21. The molecule has 0 heterocycles. The number of hydrogen-bond acceptors (Lipinski definition) is 9. The first-order valence-electron chi connectivity index (χ1n) is 8.22. The second kappa shape index (κ2) is 9.30. The van der Waals surface area contributed by atoms with Gasteiger partial charge in [0.15, 0.2) is 5.69 Å². The van der Waals surface area contributed by atoms with Crippen LogP contribution in [0.25, 0.3) is 0 Å². The van der Waals surface area contributed by atoms with Crippen LogP contribution in [-0.4, -0.2) is 36.0 Å². The van der Waals surface area contributed by atoms with Crippen LogP contribution in [0.1, 0.15) is 6.92 Å². The number of methoxy groups -OCH3 is 1. The van der Waals surface area contributed by atoms with Gasteiger partial charge in [0.05, 0.1) is 28.7 Å². The number of nitro benzene ring substituents is 2. The zero-order valence-electron chi connectivity index (χ0n) is 15.4. The molecule has 0 N–H and O–H groups in total. The van der Waals surface area contributed by atoms with Gasteiger partial charge < -0.3 is 9.64 Å². The summed E-state index contributed by atoms with van der Waals surface area (Å²) in [5, 5.41) is 29.3. The van der Waals surface area contributed by atoms with Crippen molar-refractivity contribution in [1.29, 1.82) is 0 Å². The molecule has 0 aromatic heterocycles. The lowest BCUT2D eigenvalue weighted by molar-refractivity contribution is -0.395. The van der Waals surface area contributed by atoms with Crippen molar-refractivity contribution >= 4 is 34.4 Å². The Morgan fingerprint density at radius 1 is 1.10 bits per heavy atom. The third-order valence-corrected chi connectivity index (χ3v) is 3.85. The fourth-order valence-corrected chi connectivity index (χ4v) is 2.35. The molecule has 0 atom stereocenters. The minimum absolute atomic E-state index is 0.0577. The smallest absolute Gasteiger partial charge is 0.325 e. The minimum Gasteiger partial charge on any atom is -0.468 e. The van der Waals surface area contributed by atoms with Crippen LogP contribution in [0.15, 0.2) is 46.6 Å². The molecule has 29 heavy (non-hydrogen) atoms. The topological polar surface area (TPSA) is 141 Å². The Labute approximate surface area is 163 Å². The molecule has 2 aromatic carbocycles. The molecule has 152 valence electrons. The predicted molar refractivity (Wildman–Crippen MR) is 100 cm³/mol. The number of azo groups is 1. The number of anilines is 1. The molecular formula is C17H16FN5O6. The Kier molecular flexibility index (Phi) is 6.85. The summed E-state index contributed by atoms with van der Waals surface area (Å²) in [6.45, 7) is 2.46. The Morgan fingerprint density at radius 3 is 2.24 bits per heavy atom. The van der Waals surface area contributed by atoms with Crippen molar-refractivity contribution in [3.05, 3.63) is 62.4 Å². The number of rotatable bonds is 8. The zero-order chi connectivity index (χ0) is 21.6. The number of carbonyl (C=O) groups excluding carboxylic acids is 1. The highest BCUT2D eigenvalue weighted by molar-refractivity contribution is 5.75. The average Bonchev–Trinajstić information content (AvgIpc) is 2.70. The Bertz CT molecular complexity index is 964. The quantitative estimate of drug-likeness (QED) is 0.279. The van der Waals surface area contributed by atoms with E-state index in [1.54, 1.807) is 29.2 Å². The maximum Gasteiger partial charge on any atom is 0.325 e. The molecule has 11 nitrogen and oxygen atoms in total. The molecule has 0 aliphatic carbocycles. The van der Waals surface area contributed by atoms with Gasteiger partial charge in [0.1, 0.15) is 6.54 Å². The van der Waals surface area contributed by atoms with Crippen molar-refractivity contribution in [3.63, 3.8) is 0 Å². The number of halogens is 1. The lowest BCUT2D eigenvalue weighted by Gasteiger charge is -2.21. The van der Waals surface area contributed by atoms with Crippen molar-refractivity contribution in [2.45, 2.75) is 6.92 Å². The molecule has 0 radical (unpaired) electrons. The van der Waals surface area contributed by atoms with E-state index in [0.29, 0.717) is 30.1 Å². The van der Waals surface area contributed by atoms with Gasteiger partial charge in [-0.25, -0.2) is 0 Å². The van der Waals surface area contributed by atoms with Gasteiger partial charge >= 0.3 is 17.3 Å². The van der Waals surface area contributed by atoms with E-state index in [4.69, 9.17) is 0 Å². The molecular weight excluding hydrogens is 389 g/mol. The summed E-state index contributed by atoms with van der Waals surface area (Å²) in [6, 6.07) is 7.50. The van der Waals surface area contributed by atoms with E-state index in [9.17, 15) is 29.4 Å². The lowest BCUT2D eigenvalue weighted by Crippen LogP contribution is -2.30. The minimum atomic E-state index is -1.26. The second-order valence-corrected chi connectivity index (χ2v) is 5.61. The van der Waals surface area contributed by atoms with Crippen LogP contribution in [0, 0.1) is 26.0 Å². The maximum atomic E-state index is 13.8. The third kappa shape index (κ3) is 5.28. The summed E-state index contributed by atoms with van der Waals surface area (Å²) in [4.78, 5) is 33.1. The number of nitro groups is 2. The Balaban J connectivity index is 2.28. The molecule has 0 aliphatic heterocycles. The van der Waals surface area contributed by atoms with E-state index in [2.05, 4.69) is 15.0 Å². The van der Waals surface area contributed by atoms with Gasteiger partial charge in [0, 0.05) is 18.3 Å². The van der Waals surface area contributed by atoms with Gasteiger partial charge in [-0.15, -0.1) is 5.11 Å². The van der Waals surface area contributed by atoms with Crippen molar-refractivity contribution in [2.24, 2.45) is 10.2 Å². The molecule has 0 saturated carbocycles. The summed E-state index contributed by atoms with van der Waals surface area (Å²) >= 11 is 0. The van der Waals surface area contributed by atoms with Crippen LogP contribution in [0.2, 0.25) is 0 Å². The summed E-state index contributed by atoms with van der Waals surface area (Å²) < 4.78 is 18.4. The van der Waals surface area contributed by atoms with Crippen LogP contribution >= 0.6 is 0 Å². The average molecular weight is 405 g/mol. The zero-order valence-corrected chi connectivity index (χ0v) is 15.4. The monoisotopic (exact) mass is 405 g/mol. The van der Waals surface area contributed by atoms with E-state index >= 15 is 0 Å². The van der Waals surface area contributed by atoms with Crippen molar-refractivity contribution in [2.75, 3.05) is 25.1 Å². The standard InChI is InChI=1S/C17H16FN5O6/c1-3-21(10-17(24)29-2)12-6-4-11(5-7-12)19-20-14-8-13(18)15(22(25)26)9-16(14)23(27)28/h4-9H,3,10H2,1-2H3. The predicted octanol–water partition coefficient (Wildman–Crippen LogP) is 4.06. The van der Waals surface area contributed by atoms with Crippen LogP contribution in [-0.2, 0) is 9.53 Å². The molecule has 2 rings (SSSR count). The highest BCUT2D eigenvalue weighted by atomic mass is 19.1. The molecule has 2 aromatic rings. The molecule has 0 unspecified atom stereocenters. The number of nitrogens with zero attached hydrogens (tertiary/aromatic N) is 5. The SMILES string of the molecule is CCN(CC(=O)OC)c1ccc(N=Nc2cc(F)c([N+](=O)[O-])cc2[N+](=O)[O-])cc1. The number of ether oxygens (including phenoxy) is 1. The number of likely N-dealkylation sites (N-methyl/N-ethyl adjacent to an activating group) is 1. The van der Waals surface area contributed by atoms with E-state index in [1.807, 2.05) is 6.92 Å². The Morgan fingerprint density at radius 2 is 1.72 bits per heavy atom. The van der Waals surface area contributed by atoms with E-state index < -0.39 is 38.7 Å². The van der Waals surface area contributed by atoms with Crippen molar-refractivity contribution < 1.29 is 23.8 Å². The highest BCUT2D eigenvalue weighted by Crippen LogP contribution is 2.34. The first kappa shape index (κ1) is 21.3. The van der Waals surface area contributed by atoms with Gasteiger partial charge in [-0.3, -0.25) is 25.0 Å². The van der Waals surface area contributed by atoms with Gasteiger partial charge in [-0.2, -0.15) is 9.50 Å². The molecule has 0 spiro atoms.